The van der Waals surface area contributed by atoms with Crippen LogP contribution in [0.25, 0.3) is 5.57 Å². The van der Waals surface area contributed by atoms with E-state index in [1.807, 2.05) is 47.2 Å². The summed E-state index contributed by atoms with van der Waals surface area (Å²) < 4.78 is 122. The average molecular weight is 1460 g/mol. The number of alkyl halides is 3. The van der Waals surface area contributed by atoms with Crippen LogP contribution < -0.4 is 25.6 Å². The normalized spacial score (nSPS) is 18.3. The molecule has 0 radical (unpaired) electrons. The van der Waals surface area contributed by atoms with Gasteiger partial charge in [-0.25, -0.2) is 21.6 Å². The predicted octanol–water partition coefficient (Wildman–Crippen LogP) is 8.22. The number of rotatable bonds is 32. The summed E-state index contributed by atoms with van der Waals surface area (Å²) in [5.41, 5.74) is -0.594. The quantitative estimate of drug-likeness (QED) is 0.0179. The second-order valence-electron chi connectivity index (χ2n) is 25.8. The number of benzene rings is 5. The number of sulfone groups is 1. The second-order valence-corrected chi connectivity index (χ2v) is 30.9. The maximum atomic E-state index is 14.5. The number of hydrogen-bond acceptors (Lipinski definition) is 20. The number of allylic oxidation sites excluding steroid dienone is 1. The van der Waals surface area contributed by atoms with E-state index in [0.29, 0.717) is 75.6 Å². The third-order valence-electron chi connectivity index (χ3n) is 18.2. The number of piperazine rings is 2. The molecule has 6 amide bonds. The van der Waals surface area contributed by atoms with Gasteiger partial charge in [0, 0.05) is 117 Å². The van der Waals surface area contributed by atoms with Gasteiger partial charge < -0.3 is 39.4 Å². The van der Waals surface area contributed by atoms with Crippen LogP contribution in [0.1, 0.15) is 89.0 Å². The van der Waals surface area contributed by atoms with E-state index < -0.39 is 82.5 Å². The molecule has 3 saturated heterocycles. The molecule has 4 N–H and O–H groups in total. The van der Waals surface area contributed by atoms with Crippen molar-refractivity contribution in [2.24, 2.45) is 5.41 Å². The molecule has 30 heteroatoms. The van der Waals surface area contributed by atoms with Crippen LogP contribution in [0.4, 0.5) is 30.2 Å². The van der Waals surface area contributed by atoms with Crippen molar-refractivity contribution < 1.29 is 77.7 Å². The Morgan fingerprint density at radius 3 is 2.06 bits per heavy atom. The van der Waals surface area contributed by atoms with Crippen molar-refractivity contribution in [3.8, 4) is 0 Å². The van der Waals surface area contributed by atoms with Crippen LogP contribution in [-0.4, -0.2) is 220 Å². The van der Waals surface area contributed by atoms with E-state index in [-0.39, 0.29) is 99.5 Å². The summed E-state index contributed by atoms with van der Waals surface area (Å²) in [7, 11) is -11.1. The molecule has 2 atom stereocenters. The Morgan fingerprint density at radius 2 is 1.39 bits per heavy atom. The van der Waals surface area contributed by atoms with Gasteiger partial charge in [-0.3, -0.25) is 48.8 Å². The first-order chi connectivity index (χ1) is 47.8. The summed E-state index contributed by atoms with van der Waals surface area (Å²) >= 11 is 7.61. The molecular formula is C70H83ClF3N9O14S3. The molecule has 4 heterocycles. The smallest absolute Gasteiger partial charge is 0.382 e. The van der Waals surface area contributed by atoms with Gasteiger partial charge in [0.1, 0.15) is 17.5 Å². The lowest BCUT2D eigenvalue weighted by Gasteiger charge is -2.39. The zero-order valence-corrected chi connectivity index (χ0v) is 58.9. The molecule has 0 spiro atoms. The number of carbonyl (C=O) groups is 6. The zero-order chi connectivity index (χ0) is 71.2. The van der Waals surface area contributed by atoms with E-state index in [4.69, 9.17) is 30.5 Å². The standard InChI is InChI=1S/C70H83ClF3N9O14S3/c1-69(2)25-23-56(48-11-15-51(71)16-12-48)50(44-69)45-80-30-32-81(33-31-80)53-17-13-49(14-18-53)65(86)78-100(92,93)55-19-20-58(61(43-55)99(90,91)70(72,73)74)76-52(47-98-54-7-4-3-5-8-54)24-27-79-28-34-82(35-29-79)63(85)46-97-42-41-96-40-39-95-38-37-94-36-26-75-59-10-6-9-57-64(59)68(89)83(67(57)88)60-21-22-62(84)77-66(60)87/h3-20,43,52,60,75-76H,21-42,44-47H2,1-2H3,(H,78,86)(H,77,84,87)/t52-,60-/m1/s1. The highest BCUT2D eigenvalue weighted by Gasteiger charge is 2.49. The SMILES string of the molecule is CC1(C)CCC(c2ccc(Cl)cc2)=C(CN2CCN(c3ccc(C(=O)NS(=O)(=O)c4ccc(N[C@H](CCN5CCN(C(=O)COCCOCCOCCOCCNc6cccc7c6C(=O)N([C@@H]6CCC(=O)NC6=O)C7=O)CC5)CSc5ccccc5)c(S(=O)(=O)C(F)(F)F)c4)cc3)CC2)C1. The summed E-state index contributed by atoms with van der Waals surface area (Å²) in [6.45, 7) is 12.3. The van der Waals surface area contributed by atoms with Gasteiger partial charge in [-0.15, -0.1) is 11.8 Å². The number of thioether (sulfide) groups is 1. The first-order valence-electron chi connectivity index (χ1n) is 33.2. The lowest BCUT2D eigenvalue weighted by Crippen LogP contribution is -2.54. The molecule has 100 heavy (non-hydrogen) atoms. The molecule has 5 aliphatic rings. The maximum absolute atomic E-state index is 14.5. The van der Waals surface area contributed by atoms with E-state index in [1.165, 1.54) is 46.7 Å². The topological polar surface area (TPSA) is 272 Å². The van der Waals surface area contributed by atoms with E-state index in [9.17, 15) is 58.8 Å². The van der Waals surface area contributed by atoms with Crippen molar-refractivity contribution in [2.75, 3.05) is 146 Å². The Bertz CT molecular complexity index is 4010. The van der Waals surface area contributed by atoms with Gasteiger partial charge in [-0.2, -0.15) is 13.2 Å². The van der Waals surface area contributed by atoms with Gasteiger partial charge >= 0.3 is 5.51 Å². The third-order valence-corrected chi connectivity index (χ3v) is 22.5. The van der Waals surface area contributed by atoms with Crippen molar-refractivity contribution >= 4 is 101 Å². The van der Waals surface area contributed by atoms with Crippen LogP contribution in [-0.2, 0) is 53.2 Å². The van der Waals surface area contributed by atoms with Crippen molar-refractivity contribution in [3.05, 3.63) is 148 Å². The minimum atomic E-state index is -6.17. The van der Waals surface area contributed by atoms with Gasteiger partial charge in [0.2, 0.25) is 17.7 Å². The van der Waals surface area contributed by atoms with Crippen LogP contribution in [0, 0.1) is 5.41 Å². The average Bonchev–Trinajstić information content (AvgIpc) is 1.54. The number of nitrogens with zero attached hydrogens (tertiary/aromatic N) is 5. The van der Waals surface area contributed by atoms with Gasteiger partial charge in [0.25, 0.3) is 37.6 Å². The number of sulfonamides is 1. The van der Waals surface area contributed by atoms with Gasteiger partial charge in [-0.1, -0.05) is 67.4 Å². The van der Waals surface area contributed by atoms with Crippen molar-refractivity contribution in [1.82, 2.24) is 29.6 Å². The molecule has 0 unspecified atom stereocenters. The number of fused-ring (bicyclic) bond motifs is 1. The first-order valence-corrected chi connectivity index (χ1v) is 37.6. The number of ether oxygens (including phenoxy) is 4. The Morgan fingerprint density at radius 1 is 0.730 bits per heavy atom. The summed E-state index contributed by atoms with van der Waals surface area (Å²) in [5.74, 6) is -3.37. The van der Waals surface area contributed by atoms with Crippen LogP contribution in [0.2, 0.25) is 5.02 Å². The van der Waals surface area contributed by atoms with Gasteiger partial charge in [0.15, 0.2) is 0 Å². The number of hydrogen-bond donors (Lipinski definition) is 4. The van der Waals surface area contributed by atoms with E-state index in [0.717, 1.165) is 66.5 Å². The fourth-order valence-corrected chi connectivity index (χ4v) is 15.9. The molecule has 23 nitrogen and oxygen atoms in total. The summed E-state index contributed by atoms with van der Waals surface area (Å²) in [6.07, 6.45) is 3.47. The van der Waals surface area contributed by atoms with Crippen molar-refractivity contribution in [1.29, 1.82) is 0 Å². The summed E-state index contributed by atoms with van der Waals surface area (Å²) in [4.78, 5) is 85.1. The molecule has 538 valence electrons. The number of halogens is 4. The molecule has 0 saturated carbocycles. The van der Waals surface area contributed by atoms with E-state index >= 15 is 0 Å². The molecule has 3 fully saturated rings. The van der Waals surface area contributed by atoms with Crippen LogP contribution in [0.5, 0.6) is 0 Å². The highest BCUT2D eigenvalue weighted by Crippen LogP contribution is 2.43. The fourth-order valence-electron chi connectivity index (χ4n) is 12.7. The van der Waals surface area contributed by atoms with Gasteiger partial charge in [0.05, 0.1) is 68.0 Å². The Balaban J connectivity index is 0.641. The molecule has 10 rings (SSSR count). The molecule has 5 aromatic rings. The largest absolute Gasteiger partial charge is 0.501 e. The summed E-state index contributed by atoms with van der Waals surface area (Å²) in [5, 5.41) is 9.00. The predicted molar refractivity (Wildman–Crippen MR) is 373 cm³/mol. The molecular weight excluding hydrogens is 1380 g/mol. The van der Waals surface area contributed by atoms with Crippen LogP contribution >= 0.6 is 23.4 Å². The molecule has 0 bridgehead atoms. The maximum Gasteiger partial charge on any atom is 0.501 e. The number of nitrogens with one attached hydrogen (secondary N) is 4. The Hall–Kier alpha value is -7.45. The van der Waals surface area contributed by atoms with Crippen LogP contribution in [0.15, 0.2) is 136 Å². The monoisotopic (exact) mass is 1460 g/mol. The number of anilines is 3. The van der Waals surface area contributed by atoms with Crippen LogP contribution in [0.3, 0.4) is 0 Å². The fraction of sp³-hybridized carbons (Fsp3) is 0.457. The summed E-state index contributed by atoms with van der Waals surface area (Å²) in [6, 6.07) is 29.0. The number of piperidine rings is 1. The van der Waals surface area contributed by atoms with Gasteiger partial charge in [-0.05, 0) is 128 Å². The highest BCUT2D eigenvalue weighted by atomic mass is 35.5. The van der Waals surface area contributed by atoms with Crippen molar-refractivity contribution in [2.45, 2.75) is 84.7 Å². The van der Waals surface area contributed by atoms with E-state index in [1.54, 1.807) is 29.2 Å². The lowest BCUT2D eigenvalue weighted by atomic mass is 9.73. The third kappa shape index (κ3) is 19.6. The number of imide groups is 2. The molecule has 4 aliphatic heterocycles. The minimum Gasteiger partial charge on any atom is -0.382 e. The first kappa shape index (κ1) is 75.2. The zero-order valence-electron chi connectivity index (χ0n) is 55.7. The number of amides is 6. The second kappa shape index (κ2) is 34.0. The molecule has 5 aromatic carbocycles. The number of carbonyl (C=O) groups excluding carboxylic acids is 6. The molecule has 0 aromatic heterocycles. The Kier molecular flexibility index (Phi) is 25.6. The Labute approximate surface area is 589 Å². The lowest BCUT2D eigenvalue weighted by molar-refractivity contribution is -0.138. The van der Waals surface area contributed by atoms with Crippen molar-refractivity contribution in [3.63, 3.8) is 0 Å². The molecule has 1 aliphatic carbocycles. The van der Waals surface area contributed by atoms with E-state index in [2.05, 4.69) is 56.6 Å². The highest BCUT2D eigenvalue weighted by molar-refractivity contribution is 7.99. The minimum absolute atomic E-state index is 0.0217.